The summed E-state index contributed by atoms with van der Waals surface area (Å²) in [5.41, 5.74) is 3.68. The van der Waals surface area contributed by atoms with Gasteiger partial charge >= 0.3 is 12.2 Å². The van der Waals surface area contributed by atoms with E-state index >= 15 is 0 Å². The smallest absolute Gasteiger partial charge is 0.413 e. The van der Waals surface area contributed by atoms with Crippen molar-refractivity contribution in [3.8, 4) is 5.75 Å². The molecule has 3 aromatic rings. The van der Waals surface area contributed by atoms with E-state index in [1.807, 2.05) is 92.7 Å². The van der Waals surface area contributed by atoms with Gasteiger partial charge in [0.15, 0.2) is 0 Å². The van der Waals surface area contributed by atoms with Crippen molar-refractivity contribution >= 4 is 23.6 Å². The number of amides is 2. The molecule has 0 aliphatic carbocycles. The SMILES string of the molecule is CCN(C(=O)OC)c1ccc(C(CCNC[C@H](O)COc2ccccc2)c2ccc(N(CC)C(=O)OC)cc2)cc1. The molecule has 9 heteroatoms. The summed E-state index contributed by atoms with van der Waals surface area (Å²) < 4.78 is 15.5. The number of ether oxygens (including phenoxy) is 3. The van der Waals surface area contributed by atoms with Crippen LogP contribution in [-0.4, -0.2) is 70.4 Å². The number of benzene rings is 3. The molecule has 0 unspecified atom stereocenters. The second-order valence-corrected chi connectivity index (χ2v) is 9.43. The molecule has 0 heterocycles. The molecule has 0 saturated carbocycles. The van der Waals surface area contributed by atoms with E-state index in [0.717, 1.165) is 34.7 Å². The highest BCUT2D eigenvalue weighted by molar-refractivity contribution is 5.88. The van der Waals surface area contributed by atoms with Gasteiger partial charge in [0, 0.05) is 36.9 Å². The standard InChI is InChI=1S/C32H41N3O6/c1-5-34(31(37)39-3)26-16-12-24(13-17-26)30(25-14-18-27(19-15-25)35(6-2)32(38)40-4)20-21-33-22-28(36)23-41-29-10-8-7-9-11-29/h7-19,28,30,33,36H,5-6,20-23H2,1-4H3/t28-/m0/s1. The van der Waals surface area contributed by atoms with Crippen LogP contribution in [0, 0.1) is 0 Å². The molecule has 0 aliphatic heterocycles. The lowest BCUT2D eigenvalue weighted by Gasteiger charge is -2.23. The second-order valence-electron chi connectivity index (χ2n) is 9.43. The fourth-order valence-electron chi connectivity index (χ4n) is 4.64. The first-order valence-corrected chi connectivity index (χ1v) is 13.9. The maximum Gasteiger partial charge on any atom is 0.413 e. The van der Waals surface area contributed by atoms with Crippen LogP contribution in [0.1, 0.15) is 37.3 Å². The van der Waals surface area contributed by atoms with Gasteiger partial charge in [-0.05, 0) is 74.3 Å². The predicted octanol–water partition coefficient (Wildman–Crippen LogP) is 5.42. The van der Waals surface area contributed by atoms with Gasteiger partial charge in [0.2, 0.25) is 0 Å². The van der Waals surface area contributed by atoms with Crippen molar-refractivity contribution < 1.29 is 28.9 Å². The molecule has 3 rings (SSSR count). The summed E-state index contributed by atoms with van der Waals surface area (Å²) in [6, 6.07) is 25.2. The van der Waals surface area contributed by atoms with E-state index in [4.69, 9.17) is 14.2 Å². The van der Waals surface area contributed by atoms with E-state index in [1.54, 1.807) is 9.80 Å². The fourth-order valence-corrected chi connectivity index (χ4v) is 4.64. The molecule has 0 bridgehead atoms. The lowest BCUT2D eigenvalue weighted by atomic mass is 9.88. The average molecular weight is 564 g/mol. The molecule has 0 saturated heterocycles. The second kappa shape index (κ2) is 16.2. The highest BCUT2D eigenvalue weighted by Crippen LogP contribution is 2.31. The van der Waals surface area contributed by atoms with Crippen molar-refractivity contribution in [2.45, 2.75) is 32.3 Å². The Bertz CT molecular complexity index is 1140. The number of aliphatic hydroxyl groups is 1. The molecule has 2 N–H and O–H groups in total. The van der Waals surface area contributed by atoms with Crippen LogP contribution < -0.4 is 19.9 Å². The van der Waals surface area contributed by atoms with Crippen molar-refractivity contribution in [1.82, 2.24) is 5.32 Å². The number of carbonyl (C=O) groups excluding carboxylic acids is 2. The number of hydrogen-bond donors (Lipinski definition) is 2. The molecule has 3 aromatic carbocycles. The third-order valence-corrected chi connectivity index (χ3v) is 6.81. The molecule has 1 atom stereocenters. The molecule has 0 radical (unpaired) electrons. The Hall–Kier alpha value is -4.08. The fraction of sp³-hybridized carbons (Fsp3) is 0.375. The first-order chi connectivity index (χ1) is 19.9. The van der Waals surface area contributed by atoms with E-state index in [9.17, 15) is 14.7 Å². The number of nitrogens with zero attached hydrogens (tertiary/aromatic N) is 2. The molecule has 0 fully saturated rings. The zero-order valence-electron chi connectivity index (χ0n) is 24.3. The van der Waals surface area contributed by atoms with Crippen LogP contribution in [0.4, 0.5) is 21.0 Å². The molecule has 41 heavy (non-hydrogen) atoms. The minimum absolute atomic E-state index is 0.0321. The monoisotopic (exact) mass is 563 g/mol. The van der Waals surface area contributed by atoms with E-state index in [-0.39, 0.29) is 12.5 Å². The van der Waals surface area contributed by atoms with Gasteiger partial charge in [0.1, 0.15) is 18.5 Å². The van der Waals surface area contributed by atoms with Crippen molar-refractivity contribution in [2.75, 3.05) is 56.8 Å². The number of anilines is 2. The number of para-hydroxylation sites is 1. The lowest BCUT2D eigenvalue weighted by Crippen LogP contribution is -2.32. The summed E-state index contributed by atoms with van der Waals surface area (Å²) >= 11 is 0. The largest absolute Gasteiger partial charge is 0.491 e. The Labute approximate surface area is 242 Å². The predicted molar refractivity (Wildman–Crippen MR) is 161 cm³/mol. The van der Waals surface area contributed by atoms with Crippen molar-refractivity contribution in [3.05, 3.63) is 90.0 Å². The minimum Gasteiger partial charge on any atom is -0.491 e. The Kier molecular flexibility index (Phi) is 12.5. The van der Waals surface area contributed by atoms with Crippen LogP contribution in [0.2, 0.25) is 0 Å². The maximum absolute atomic E-state index is 12.2. The molecular weight excluding hydrogens is 522 g/mol. The highest BCUT2D eigenvalue weighted by atomic mass is 16.5. The minimum atomic E-state index is -0.649. The van der Waals surface area contributed by atoms with Crippen LogP contribution in [0.25, 0.3) is 0 Å². The highest BCUT2D eigenvalue weighted by Gasteiger charge is 2.19. The number of hydrogen-bond acceptors (Lipinski definition) is 7. The van der Waals surface area contributed by atoms with Crippen molar-refractivity contribution in [3.63, 3.8) is 0 Å². The summed E-state index contributed by atoms with van der Waals surface area (Å²) in [5, 5.41) is 13.7. The molecule has 0 aliphatic rings. The van der Waals surface area contributed by atoms with E-state index in [0.29, 0.717) is 26.2 Å². The summed E-state index contributed by atoms with van der Waals surface area (Å²) in [6.07, 6.45) is -0.702. The quantitative estimate of drug-likeness (QED) is 0.253. The van der Waals surface area contributed by atoms with Gasteiger partial charge in [-0.25, -0.2) is 9.59 Å². The van der Waals surface area contributed by atoms with Crippen LogP contribution in [0.5, 0.6) is 5.75 Å². The van der Waals surface area contributed by atoms with Gasteiger partial charge in [-0.3, -0.25) is 9.80 Å². The van der Waals surface area contributed by atoms with E-state index in [1.165, 1.54) is 14.2 Å². The number of nitrogens with one attached hydrogen (secondary N) is 1. The lowest BCUT2D eigenvalue weighted by molar-refractivity contribution is 0.106. The molecule has 9 nitrogen and oxygen atoms in total. The first kappa shape index (κ1) is 31.4. The molecule has 0 spiro atoms. The van der Waals surface area contributed by atoms with Crippen LogP contribution in [0.3, 0.4) is 0 Å². The van der Waals surface area contributed by atoms with Gasteiger partial charge < -0.3 is 24.6 Å². The van der Waals surface area contributed by atoms with Gasteiger partial charge in [0.25, 0.3) is 0 Å². The first-order valence-electron chi connectivity index (χ1n) is 13.9. The van der Waals surface area contributed by atoms with E-state index < -0.39 is 18.3 Å². The normalized spacial score (nSPS) is 11.6. The van der Waals surface area contributed by atoms with Gasteiger partial charge in [-0.15, -0.1) is 0 Å². The molecule has 220 valence electrons. The van der Waals surface area contributed by atoms with Gasteiger partial charge in [-0.1, -0.05) is 42.5 Å². The van der Waals surface area contributed by atoms with Gasteiger partial charge in [0.05, 0.1) is 14.2 Å². The number of methoxy groups -OCH3 is 2. The number of rotatable bonds is 14. The summed E-state index contributed by atoms with van der Waals surface area (Å²) in [5.74, 6) is 0.755. The number of aliphatic hydroxyl groups excluding tert-OH is 1. The Morgan fingerprint density at radius 1 is 0.780 bits per heavy atom. The molecule has 0 aromatic heterocycles. The maximum atomic E-state index is 12.2. The topological polar surface area (TPSA) is 101 Å². The zero-order valence-corrected chi connectivity index (χ0v) is 24.3. The molecule has 2 amide bonds. The third kappa shape index (κ3) is 8.96. The van der Waals surface area contributed by atoms with E-state index in [2.05, 4.69) is 5.32 Å². The Morgan fingerprint density at radius 2 is 1.27 bits per heavy atom. The summed E-state index contributed by atoms with van der Waals surface area (Å²) in [4.78, 5) is 27.4. The summed E-state index contributed by atoms with van der Waals surface area (Å²) in [6.45, 7) is 6.03. The number of carbonyl (C=O) groups is 2. The average Bonchev–Trinajstić information content (AvgIpc) is 3.02. The van der Waals surface area contributed by atoms with Crippen molar-refractivity contribution in [1.29, 1.82) is 0 Å². The third-order valence-electron chi connectivity index (χ3n) is 6.81. The molecular formula is C32H41N3O6. The van der Waals surface area contributed by atoms with Crippen molar-refractivity contribution in [2.24, 2.45) is 0 Å². The Balaban J connectivity index is 1.72. The van der Waals surface area contributed by atoms with Crippen LogP contribution in [0.15, 0.2) is 78.9 Å². The zero-order chi connectivity index (χ0) is 29.6. The summed E-state index contributed by atoms with van der Waals surface area (Å²) in [7, 11) is 2.74. The van der Waals surface area contributed by atoms with Gasteiger partial charge in [-0.2, -0.15) is 0 Å². The van der Waals surface area contributed by atoms with Crippen LogP contribution in [-0.2, 0) is 9.47 Å². The Morgan fingerprint density at radius 3 is 1.71 bits per heavy atom. The van der Waals surface area contributed by atoms with Crippen LogP contribution >= 0.6 is 0 Å².